The highest BCUT2D eigenvalue weighted by Crippen LogP contribution is 2.50. The van der Waals surface area contributed by atoms with Crippen LogP contribution in [0.1, 0.15) is 71.8 Å². The number of sulfonamides is 1. The third kappa shape index (κ3) is 4.90. The van der Waals surface area contributed by atoms with Gasteiger partial charge in [-0.1, -0.05) is 39.3 Å². The molecule has 1 aromatic carbocycles. The number of nitriles is 1. The number of hydrogen-bond donors (Lipinski definition) is 1. The Bertz CT molecular complexity index is 1110. The van der Waals surface area contributed by atoms with Crippen LogP contribution in [0, 0.1) is 16.7 Å². The molecule has 34 heavy (non-hydrogen) atoms. The molecule has 7 nitrogen and oxygen atoms in total. The second kappa shape index (κ2) is 9.91. The fourth-order valence-electron chi connectivity index (χ4n) is 4.93. The normalized spacial score (nSPS) is 20.9. The minimum absolute atomic E-state index is 0.119. The van der Waals surface area contributed by atoms with Gasteiger partial charge >= 0.3 is 0 Å². The fraction of sp³-hybridized carbons (Fsp3) is 0.577. The van der Waals surface area contributed by atoms with E-state index in [4.69, 9.17) is 10.5 Å². The second-order valence-electron chi connectivity index (χ2n) is 10.2. The molecule has 0 aliphatic carbocycles. The smallest absolute Gasteiger partial charge is 0.235 e. The van der Waals surface area contributed by atoms with Crippen LogP contribution in [0.25, 0.3) is 0 Å². The molecule has 1 saturated heterocycles. The molecule has 3 rings (SSSR count). The topological polar surface area (TPSA) is 99.7 Å². The van der Waals surface area contributed by atoms with E-state index < -0.39 is 10.0 Å². The van der Waals surface area contributed by atoms with Gasteiger partial charge in [0.1, 0.15) is 11.6 Å². The van der Waals surface area contributed by atoms with Gasteiger partial charge in [0.05, 0.1) is 17.4 Å². The van der Waals surface area contributed by atoms with Crippen molar-refractivity contribution < 1.29 is 13.2 Å². The molecule has 1 atom stereocenters. The first-order valence-electron chi connectivity index (χ1n) is 12.1. The maximum atomic E-state index is 12.6. The van der Waals surface area contributed by atoms with Crippen LogP contribution in [0.5, 0.6) is 0 Å². The van der Waals surface area contributed by atoms with Crippen LogP contribution in [0.3, 0.4) is 0 Å². The van der Waals surface area contributed by atoms with Gasteiger partial charge in [0.25, 0.3) is 0 Å². The first-order chi connectivity index (χ1) is 15.9. The fourth-order valence-corrected chi connectivity index (χ4v) is 6.56. The molecular formula is C26H38N4O3S. The third-order valence-corrected chi connectivity index (χ3v) is 8.83. The van der Waals surface area contributed by atoms with E-state index in [2.05, 4.69) is 45.6 Å². The molecule has 1 unspecified atom stereocenters. The molecule has 0 spiro atoms. The zero-order chi connectivity index (χ0) is 25.3. The summed E-state index contributed by atoms with van der Waals surface area (Å²) >= 11 is 0. The van der Waals surface area contributed by atoms with E-state index in [0.717, 1.165) is 30.4 Å². The standard InChI is InChI=1S/C26H38N4O3S/c1-7-14-26(4,5)23-22(21(17-27)24(28)33-25(23)29(6)18(2)3)19-10-12-20(13-11-19)30-15-8-9-16-34(30,31)32/h10-13,18,22H,7-9,14-16,28H2,1-6H3. The van der Waals surface area contributed by atoms with Crippen LogP contribution in [-0.2, 0) is 14.8 Å². The van der Waals surface area contributed by atoms with E-state index in [1.807, 2.05) is 31.3 Å². The zero-order valence-corrected chi connectivity index (χ0v) is 22.1. The third-order valence-electron chi connectivity index (χ3n) is 6.96. The highest BCUT2D eigenvalue weighted by molar-refractivity contribution is 7.92. The molecule has 0 saturated carbocycles. The van der Waals surface area contributed by atoms with Gasteiger partial charge in [-0.3, -0.25) is 4.31 Å². The van der Waals surface area contributed by atoms with Crippen molar-refractivity contribution in [1.82, 2.24) is 4.90 Å². The van der Waals surface area contributed by atoms with Gasteiger partial charge < -0.3 is 15.4 Å². The Hall–Kier alpha value is -2.66. The monoisotopic (exact) mass is 486 g/mol. The van der Waals surface area contributed by atoms with Crippen LogP contribution in [-0.4, -0.2) is 38.7 Å². The highest BCUT2D eigenvalue weighted by atomic mass is 32.2. The van der Waals surface area contributed by atoms with Crippen LogP contribution >= 0.6 is 0 Å². The van der Waals surface area contributed by atoms with Crippen LogP contribution < -0.4 is 10.0 Å². The van der Waals surface area contributed by atoms with Crippen molar-refractivity contribution in [2.75, 3.05) is 23.7 Å². The molecule has 2 heterocycles. The van der Waals surface area contributed by atoms with Gasteiger partial charge in [-0.05, 0) is 56.2 Å². The molecule has 8 heteroatoms. The van der Waals surface area contributed by atoms with E-state index in [1.54, 1.807) is 0 Å². The number of rotatable bonds is 7. The largest absolute Gasteiger partial charge is 0.424 e. The van der Waals surface area contributed by atoms with Crippen molar-refractivity contribution in [3.05, 3.63) is 52.7 Å². The Morgan fingerprint density at radius 1 is 1.26 bits per heavy atom. The Morgan fingerprint density at radius 3 is 2.44 bits per heavy atom. The van der Waals surface area contributed by atoms with Crippen molar-refractivity contribution in [2.45, 2.75) is 72.3 Å². The van der Waals surface area contributed by atoms with E-state index >= 15 is 0 Å². The molecule has 0 radical (unpaired) electrons. The lowest BCUT2D eigenvalue weighted by Crippen LogP contribution is -2.38. The Morgan fingerprint density at radius 2 is 1.91 bits per heavy atom. The summed E-state index contributed by atoms with van der Waals surface area (Å²) in [7, 11) is -1.31. The Kier molecular flexibility index (Phi) is 7.56. The average molecular weight is 487 g/mol. The Balaban J connectivity index is 2.16. The molecule has 0 amide bonds. The molecule has 0 bridgehead atoms. The van der Waals surface area contributed by atoms with Crippen molar-refractivity contribution in [3.63, 3.8) is 0 Å². The number of nitrogens with zero attached hydrogens (tertiary/aromatic N) is 3. The molecule has 186 valence electrons. The van der Waals surface area contributed by atoms with Crippen LogP contribution in [0.15, 0.2) is 47.2 Å². The predicted octanol–water partition coefficient (Wildman–Crippen LogP) is 4.80. The lowest BCUT2D eigenvalue weighted by atomic mass is 9.69. The van der Waals surface area contributed by atoms with Crippen LogP contribution in [0.4, 0.5) is 5.69 Å². The SMILES string of the molecule is CCCC(C)(C)C1=C(N(C)C(C)C)OC(N)=C(C#N)C1c1ccc(N2CCCCS2(=O)=O)cc1. The van der Waals surface area contributed by atoms with Gasteiger partial charge in [0.2, 0.25) is 15.9 Å². The molecule has 2 N–H and O–H groups in total. The summed E-state index contributed by atoms with van der Waals surface area (Å²) in [6.07, 6.45) is 3.44. The maximum Gasteiger partial charge on any atom is 0.235 e. The lowest BCUT2D eigenvalue weighted by molar-refractivity contribution is 0.132. The average Bonchev–Trinajstić information content (AvgIpc) is 2.77. The van der Waals surface area contributed by atoms with Gasteiger partial charge in [-0.2, -0.15) is 5.26 Å². The number of ether oxygens (including phenoxy) is 1. The molecular weight excluding hydrogens is 448 g/mol. The van der Waals surface area contributed by atoms with E-state index in [0.29, 0.717) is 30.1 Å². The summed E-state index contributed by atoms with van der Waals surface area (Å²) in [4.78, 5) is 2.06. The summed E-state index contributed by atoms with van der Waals surface area (Å²) in [6.45, 7) is 11.2. The number of benzene rings is 1. The van der Waals surface area contributed by atoms with E-state index in [1.165, 1.54) is 4.31 Å². The first kappa shape index (κ1) is 26.0. The first-order valence-corrected chi connectivity index (χ1v) is 13.7. The minimum Gasteiger partial charge on any atom is -0.424 e. The molecule has 2 aliphatic rings. The molecule has 1 fully saturated rings. The molecule has 0 aromatic heterocycles. The summed E-state index contributed by atoms with van der Waals surface area (Å²) < 4.78 is 32.8. The lowest BCUT2D eigenvalue weighted by Gasteiger charge is -2.41. The summed E-state index contributed by atoms with van der Waals surface area (Å²) in [5.41, 5.74) is 9.00. The second-order valence-corrected chi connectivity index (χ2v) is 12.2. The number of hydrogen-bond acceptors (Lipinski definition) is 6. The minimum atomic E-state index is -3.29. The number of anilines is 1. The summed E-state index contributed by atoms with van der Waals surface area (Å²) in [6, 6.07) is 10.0. The quantitative estimate of drug-likeness (QED) is 0.594. The van der Waals surface area contributed by atoms with Gasteiger partial charge in [0.15, 0.2) is 5.88 Å². The number of allylic oxidation sites excluding steroid dienone is 2. The summed E-state index contributed by atoms with van der Waals surface area (Å²) in [5.74, 6) is 0.616. The van der Waals surface area contributed by atoms with Gasteiger partial charge in [0, 0.05) is 25.2 Å². The summed E-state index contributed by atoms with van der Waals surface area (Å²) in [5, 5.41) is 10.1. The molecule has 2 aliphatic heterocycles. The van der Waals surface area contributed by atoms with E-state index in [-0.39, 0.29) is 29.0 Å². The van der Waals surface area contributed by atoms with Gasteiger partial charge in [-0.25, -0.2) is 8.42 Å². The van der Waals surface area contributed by atoms with Crippen molar-refractivity contribution in [1.29, 1.82) is 5.26 Å². The van der Waals surface area contributed by atoms with E-state index in [9.17, 15) is 13.7 Å². The maximum absolute atomic E-state index is 12.6. The highest BCUT2D eigenvalue weighted by Gasteiger charge is 2.42. The Labute approximate surface area is 204 Å². The number of nitrogens with two attached hydrogens (primary N) is 1. The van der Waals surface area contributed by atoms with Crippen molar-refractivity contribution in [2.24, 2.45) is 11.1 Å². The zero-order valence-electron chi connectivity index (χ0n) is 21.3. The van der Waals surface area contributed by atoms with Crippen molar-refractivity contribution >= 4 is 15.7 Å². The molecule has 1 aromatic rings. The van der Waals surface area contributed by atoms with Crippen LogP contribution in [0.2, 0.25) is 0 Å². The van der Waals surface area contributed by atoms with Gasteiger partial charge in [-0.15, -0.1) is 0 Å². The van der Waals surface area contributed by atoms with Crippen molar-refractivity contribution in [3.8, 4) is 6.07 Å². The predicted molar refractivity (Wildman–Crippen MR) is 136 cm³/mol.